The molecule has 148 valence electrons. The van der Waals surface area contributed by atoms with E-state index >= 15 is 0 Å². The second-order valence-electron chi connectivity index (χ2n) is 6.05. The van der Waals surface area contributed by atoms with E-state index in [-0.39, 0.29) is 35.0 Å². The van der Waals surface area contributed by atoms with E-state index in [0.717, 1.165) is 32.4 Å². The molecule has 1 aromatic rings. The van der Waals surface area contributed by atoms with Crippen molar-refractivity contribution in [3.8, 4) is 5.75 Å². The lowest BCUT2D eigenvalue weighted by Crippen LogP contribution is -2.46. The average molecular weight is 406 g/mol. The van der Waals surface area contributed by atoms with Crippen LogP contribution in [0.15, 0.2) is 23.1 Å². The monoisotopic (exact) mass is 405 g/mol. The van der Waals surface area contributed by atoms with Crippen molar-refractivity contribution < 1.29 is 17.9 Å². The quantitative estimate of drug-likeness (QED) is 0.719. The molecule has 1 aliphatic rings. The highest BCUT2D eigenvalue weighted by Gasteiger charge is 2.27. The zero-order valence-electron chi connectivity index (χ0n) is 15.4. The van der Waals surface area contributed by atoms with Crippen molar-refractivity contribution in [2.75, 3.05) is 33.8 Å². The number of piperidine rings is 1. The Morgan fingerprint density at radius 2 is 2.00 bits per heavy atom. The number of nitrogens with zero attached hydrogens (tertiary/aromatic N) is 1. The summed E-state index contributed by atoms with van der Waals surface area (Å²) < 4.78 is 31.9. The smallest absolute Gasteiger partial charge is 0.254 e. The number of ether oxygens (including phenoxy) is 1. The third-order valence-corrected chi connectivity index (χ3v) is 5.88. The lowest BCUT2D eigenvalue weighted by molar-refractivity contribution is 0.0642. The predicted octanol–water partition coefficient (Wildman–Crippen LogP) is 1.63. The number of amides is 1. The maximum atomic E-state index is 13.1. The summed E-state index contributed by atoms with van der Waals surface area (Å²) in [5.74, 6) is 0.0822. The minimum atomic E-state index is -3.72. The summed E-state index contributed by atoms with van der Waals surface area (Å²) in [7, 11) is -0.974. The lowest BCUT2D eigenvalue weighted by Gasteiger charge is -2.34. The van der Waals surface area contributed by atoms with Crippen molar-refractivity contribution in [3.05, 3.63) is 23.8 Å². The van der Waals surface area contributed by atoms with Crippen LogP contribution in [0.5, 0.6) is 5.75 Å². The molecule has 1 saturated heterocycles. The van der Waals surface area contributed by atoms with Gasteiger partial charge in [0.05, 0.1) is 7.11 Å². The van der Waals surface area contributed by atoms with Crippen LogP contribution in [0.3, 0.4) is 0 Å². The highest BCUT2D eigenvalue weighted by Crippen LogP contribution is 2.26. The highest BCUT2D eigenvalue weighted by molar-refractivity contribution is 7.89. The molecule has 0 spiro atoms. The van der Waals surface area contributed by atoms with Crippen molar-refractivity contribution >= 4 is 28.3 Å². The number of hydrogen-bond acceptors (Lipinski definition) is 5. The van der Waals surface area contributed by atoms with Gasteiger partial charge in [-0.05, 0) is 57.6 Å². The van der Waals surface area contributed by atoms with Gasteiger partial charge in [0, 0.05) is 18.2 Å². The number of carbonyl (C=O) groups is 1. The van der Waals surface area contributed by atoms with E-state index in [2.05, 4.69) is 10.0 Å². The summed E-state index contributed by atoms with van der Waals surface area (Å²) >= 11 is 0. The minimum Gasteiger partial charge on any atom is -0.495 e. The molecule has 2 rings (SSSR count). The van der Waals surface area contributed by atoms with Crippen LogP contribution < -0.4 is 14.8 Å². The standard InChI is InChI=1S/C17H27N3O4S.ClH/c1-4-11-20(14-7-9-19-10-8-14)17(21)13-5-6-15(24-3)16(12-13)25(22,23)18-2;/h5-6,12,14,18-19H,4,7-11H2,1-3H3;1H. The molecular formula is C17H28ClN3O4S. The highest BCUT2D eigenvalue weighted by atomic mass is 35.5. The first-order chi connectivity index (χ1) is 11.9. The molecule has 2 N–H and O–H groups in total. The number of nitrogens with one attached hydrogen (secondary N) is 2. The van der Waals surface area contributed by atoms with Crippen molar-refractivity contribution in [1.82, 2.24) is 14.9 Å². The summed E-state index contributed by atoms with van der Waals surface area (Å²) in [6, 6.07) is 4.74. The summed E-state index contributed by atoms with van der Waals surface area (Å²) in [4.78, 5) is 14.9. The summed E-state index contributed by atoms with van der Waals surface area (Å²) in [6.07, 6.45) is 2.67. The second-order valence-corrected chi connectivity index (χ2v) is 7.91. The molecule has 0 aromatic heterocycles. The SMILES string of the molecule is CCCN(C(=O)c1ccc(OC)c(S(=O)(=O)NC)c1)C1CCNCC1.Cl. The number of sulfonamides is 1. The van der Waals surface area contributed by atoms with Crippen LogP contribution in [0.1, 0.15) is 36.5 Å². The number of halogens is 1. The number of carbonyl (C=O) groups excluding carboxylic acids is 1. The van der Waals surface area contributed by atoms with E-state index in [9.17, 15) is 13.2 Å². The molecule has 0 bridgehead atoms. The fourth-order valence-electron chi connectivity index (χ4n) is 3.10. The van der Waals surface area contributed by atoms with Gasteiger partial charge in [0.25, 0.3) is 5.91 Å². The maximum absolute atomic E-state index is 13.1. The average Bonchev–Trinajstić information content (AvgIpc) is 2.65. The topological polar surface area (TPSA) is 87.7 Å². The van der Waals surface area contributed by atoms with E-state index in [1.165, 1.54) is 26.3 Å². The van der Waals surface area contributed by atoms with Crippen molar-refractivity contribution in [2.24, 2.45) is 0 Å². The fourth-order valence-corrected chi connectivity index (χ4v) is 4.02. The van der Waals surface area contributed by atoms with Crippen molar-refractivity contribution in [3.63, 3.8) is 0 Å². The van der Waals surface area contributed by atoms with Crippen LogP contribution in [0.4, 0.5) is 0 Å². The first kappa shape index (κ1) is 22.7. The van der Waals surface area contributed by atoms with Gasteiger partial charge in [-0.1, -0.05) is 6.92 Å². The Balaban J connectivity index is 0.00000338. The zero-order chi connectivity index (χ0) is 18.4. The minimum absolute atomic E-state index is 0. The molecule has 0 radical (unpaired) electrons. The van der Waals surface area contributed by atoms with Gasteiger partial charge in [0.15, 0.2) is 0 Å². The van der Waals surface area contributed by atoms with Crippen LogP contribution in [-0.4, -0.2) is 59.1 Å². The second kappa shape index (κ2) is 10.1. The molecular weight excluding hydrogens is 378 g/mol. The van der Waals surface area contributed by atoms with E-state index < -0.39 is 10.0 Å². The number of rotatable bonds is 7. The largest absolute Gasteiger partial charge is 0.495 e. The predicted molar refractivity (Wildman–Crippen MR) is 104 cm³/mol. The van der Waals surface area contributed by atoms with E-state index in [0.29, 0.717) is 12.1 Å². The molecule has 1 amide bonds. The normalized spacial score (nSPS) is 15.2. The number of methoxy groups -OCH3 is 1. The number of benzene rings is 1. The third-order valence-electron chi connectivity index (χ3n) is 4.44. The third kappa shape index (κ3) is 5.09. The fraction of sp³-hybridized carbons (Fsp3) is 0.588. The molecule has 0 unspecified atom stereocenters. The molecule has 1 aliphatic heterocycles. The van der Waals surface area contributed by atoms with Crippen molar-refractivity contribution in [1.29, 1.82) is 0 Å². The molecule has 0 aliphatic carbocycles. The summed E-state index contributed by atoms with van der Waals surface area (Å²) in [6.45, 7) is 4.47. The van der Waals surface area contributed by atoms with Crippen LogP contribution in [0, 0.1) is 0 Å². The Morgan fingerprint density at radius 1 is 1.35 bits per heavy atom. The van der Waals surface area contributed by atoms with Gasteiger partial charge in [-0.25, -0.2) is 13.1 Å². The van der Waals surface area contributed by atoms with Gasteiger partial charge in [0.1, 0.15) is 10.6 Å². The van der Waals surface area contributed by atoms with Gasteiger partial charge >= 0.3 is 0 Å². The maximum Gasteiger partial charge on any atom is 0.254 e. The van der Waals surface area contributed by atoms with E-state index in [1.807, 2.05) is 11.8 Å². The first-order valence-corrected chi connectivity index (χ1v) is 10.1. The summed E-state index contributed by atoms with van der Waals surface area (Å²) in [5, 5.41) is 3.30. The Labute approximate surface area is 161 Å². The number of hydrogen-bond donors (Lipinski definition) is 2. The Bertz CT molecular complexity index is 706. The molecule has 1 fully saturated rings. The molecule has 7 nitrogen and oxygen atoms in total. The molecule has 9 heteroatoms. The first-order valence-electron chi connectivity index (χ1n) is 8.57. The van der Waals surface area contributed by atoms with Gasteiger partial charge in [-0.2, -0.15) is 0 Å². The van der Waals surface area contributed by atoms with Crippen LogP contribution in [0.2, 0.25) is 0 Å². The van der Waals surface area contributed by atoms with E-state index in [1.54, 1.807) is 6.07 Å². The molecule has 0 saturated carbocycles. The van der Waals surface area contributed by atoms with Gasteiger partial charge in [-0.15, -0.1) is 12.4 Å². The van der Waals surface area contributed by atoms with Gasteiger partial charge < -0.3 is 15.0 Å². The molecule has 1 aromatic carbocycles. The molecule has 1 heterocycles. The van der Waals surface area contributed by atoms with Crippen molar-refractivity contribution in [2.45, 2.75) is 37.1 Å². The van der Waals surface area contributed by atoms with Gasteiger partial charge in [0.2, 0.25) is 10.0 Å². The Morgan fingerprint density at radius 3 is 2.54 bits per heavy atom. The Kier molecular flexibility index (Phi) is 8.82. The van der Waals surface area contributed by atoms with E-state index in [4.69, 9.17) is 4.74 Å². The summed E-state index contributed by atoms with van der Waals surface area (Å²) in [5.41, 5.74) is 0.363. The van der Waals surface area contributed by atoms with Crippen LogP contribution in [0.25, 0.3) is 0 Å². The lowest BCUT2D eigenvalue weighted by atomic mass is 10.0. The molecule has 0 atom stereocenters. The zero-order valence-corrected chi connectivity index (χ0v) is 17.1. The van der Waals surface area contributed by atoms with Crippen LogP contribution >= 0.6 is 12.4 Å². The molecule has 26 heavy (non-hydrogen) atoms. The van der Waals surface area contributed by atoms with Crippen LogP contribution in [-0.2, 0) is 10.0 Å². The Hall–Kier alpha value is -1.35. The van der Waals surface area contributed by atoms with Gasteiger partial charge in [-0.3, -0.25) is 4.79 Å².